The second-order valence-electron chi connectivity index (χ2n) is 14.6. The summed E-state index contributed by atoms with van der Waals surface area (Å²) < 4.78 is 4.65. The van der Waals surface area contributed by atoms with Gasteiger partial charge in [0.15, 0.2) is 10.9 Å². The molecule has 0 saturated heterocycles. The van der Waals surface area contributed by atoms with Crippen LogP contribution in [0.25, 0.3) is 43.6 Å². The number of nitrogens with zero attached hydrogens (tertiary/aromatic N) is 2. The summed E-state index contributed by atoms with van der Waals surface area (Å²) in [6, 6.07) is 16.9. The van der Waals surface area contributed by atoms with E-state index in [9.17, 15) is 9.59 Å². The molecule has 6 bridgehead atoms. The first-order valence-corrected chi connectivity index (χ1v) is 16.1. The van der Waals surface area contributed by atoms with Gasteiger partial charge in [-0.3, -0.25) is 9.59 Å². The van der Waals surface area contributed by atoms with Gasteiger partial charge in [0.2, 0.25) is 0 Å². The summed E-state index contributed by atoms with van der Waals surface area (Å²) in [6.45, 7) is 14.8. The summed E-state index contributed by atoms with van der Waals surface area (Å²) in [5.41, 5.74) is 6.05. The van der Waals surface area contributed by atoms with E-state index in [1.54, 1.807) is 0 Å². The second-order valence-corrected chi connectivity index (χ2v) is 14.6. The topological polar surface area (TPSA) is 44.0 Å². The molecule has 0 radical (unpaired) electrons. The van der Waals surface area contributed by atoms with Gasteiger partial charge in [0, 0.05) is 34.6 Å². The van der Waals surface area contributed by atoms with Gasteiger partial charge >= 0.3 is 0 Å². The fourth-order valence-corrected chi connectivity index (χ4v) is 6.86. The first kappa shape index (κ1) is 28.7. The average molecular weight is 563 g/mol. The van der Waals surface area contributed by atoms with Crippen molar-refractivity contribution < 1.29 is 0 Å². The quantitative estimate of drug-likeness (QED) is 0.177. The standard InChI is InChI=1S/C38H46N2O2/c1-37(2,3)25-15-17-31-27(21-25)35(41)29-23-34-30-24-33(29)39(31)19-13-11-9-7-8-10-12-14-20-40(34)32-18-16-26(38(4,5)6)22-28(32)36(30)42/h15-18,21-24H,7-14,19-20H2,1-6H3. The monoisotopic (exact) mass is 562 g/mol. The molecular formula is C38H46N2O2. The molecule has 2 aliphatic rings. The molecule has 220 valence electrons. The fraction of sp³-hybridized carbons (Fsp3) is 0.474. The molecule has 0 amide bonds. The molecule has 0 unspecified atom stereocenters. The second kappa shape index (κ2) is 10.7. The van der Waals surface area contributed by atoms with Crippen LogP contribution in [-0.2, 0) is 23.9 Å². The van der Waals surface area contributed by atoms with Gasteiger partial charge in [0.05, 0.1) is 22.1 Å². The largest absolute Gasteiger partial charge is 0.340 e. The average Bonchev–Trinajstić information content (AvgIpc) is 2.94. The number of pyridine rings is 2. The van der Waals surface area contributed by atoms with Crippen molar-refractivity contribution in [3.05, 3.63) is 80.1 Å². The molecule has 0 fully saturated rings. The van der Waals surface area contributed by atoms with Crippen LogP contribution in [0.4, 0.5) is 0 Å². The number of aromatic nitrogens is 2. The molecule has 2 aromatic heterocycles. The molecule has 0 aliphatic carbocycles. The van der Waals surface area contributed by atoms with E-state index in [1.807, 2.05) is 12.1 Å². The Balaban J connectivity index is 1.75. The lowest BCUT2D eigenvalue weighted by Gasteiger charge is -2.23. The highest BCUT2D eigenvalue weighted by Crippen LogP contribution is 2.32. The lowest BCUT2D eigenvalue weighted by molar-refractivity contribution is 0.535. The summed E-state index contributed by atoms with van der Waals surface area (Å²) in [4.78, 5) is 28.6. The molecule has 7 rings (SSSR count). The van der Waals surface area contributed by atoms with E-state index < -0.39 is 0 Å². The molecule has 4 heterocycles. The maximum Gasteiger partial charge on any atom is 0.197 e. The Kier molecular flexibility index (Phi) is 7.32. The highest BCUT2D eigenvalue weighted by Gasteiger charge is 2.21. The van der Waals surface area contributed by atoms with E-state index in [2.05, 4.69) is 87.1 Å². The first-order valence-electron chi connectivity index (χ1n) is 16.1. The van der Waals surface area contributed by atoms with Crippen LogP contribution in [0.1, 0.15) is 104 Å². The summed E-state index contributed by atoms with van der Waals surface area (Å²) >= 11 is 0. The third-order valence-electron chi connectivity index (χ3n) is 9.49. The predicted molar refractivity (Wildman–Crippen MR) is 179 cm³/mol. The Labute approximate surface area is 249 Å². The minimum absolute atomic E-state index is 0.0527. The van der Waals surface area contributed by atoms with Crippen molar-refractivity contribution in [1.29, 1.82) is 0 Å². The molecule has 4 nitrogen and oxygen atoms in total. The van der Waals surface area contributed by atoms with Crippen molar-refractivity contribution in [2.24, 2.45) is 0 Å². The zero-order valence-corrected chi connectivity index (χ0v) is 26.4. The lowest BCUT2D eigenvalue weighted by atomic mass is 9.86. The molecule has 0 N–H and O–H groups in total. The maximum absolute atomic E-state index is 14.3. The van der Waals surface area contributed by atoms with E-state index >= 15 is 0 Å². The van der Waals surface area contributed by atoms with Crippen molar-refractivity contribution >= 4 is 43.6 Å². The number of fused-ring (bicyclic) bond motifs is 11. The fourth-order valence-electron chi connectivity index (χ4n) is 6.86. The zero-order valence-electron chi connectivity index (χ0n) is 26.4. The molecule has 4 heteroatoms. The Bertz CT molecular complexity index is 1800. The summed E-state index contributed by atoms with van der Waals surface area (Å²) in [7, 11) is 0. The van der Waals surface area contributed by atoms with Crippen molar-refractivity contribution in [3.8, 4) is 0 Å². The maximum atomic E-state index is 14.3. The van der Waals surface area contributed by atoms with Crippen molar-refractivity contribution in [2.45, 2.75) is 117 Å². The zero-order chi connectivity index (χ0) is 29.8. The van der Waals surface area contributed by atoms with Crippen molar-refractivity contribution in [1.82, 2.24) is 9.13 Å². The minimum atomic E-state index is -0.0527. The van der Waals surface area contributed by atoms with Crippen LogP contribution < -0.4 is 10.9 Å². The van der Waals surface area contributed by atoms with E-state index in [-0.39, 0.29) is 21.7 Å². The Hall–Kier alpha value is -3.40. The third kappa shape index (κ3) is 5.08. The van der Waals surface area contributed by atoms with Gasteiger partial charge in [-0.2, -0.15) is 0 Å². The van der Waals surface area contributed by atoms with Gasteiger partial charge in [-0.05, 0) is 71.2 Å². The number of hydrogen-bond donors (Lipinski definition) is 0. The van der Waals surface area contributed by atoms with E-state index in [0.717, 1.165) is 58.8 Å². The molecule has 0 spiro atoms. The molecule has 0 atom stereocenters. The van der Waals surface area contributed by atoms with Crippen LogP contribution in [0, 0.1) is 0 Å². The number of rotatable bonds is 0. The van der Waals surface area contributed by atoms with Crippen LogP contribution >= 0.6 is 0 Å². The van der Waals surface area contributed by atoms with Gasteiger partial charge in [-0.15, -0.1) is 0 Å². The molecule has 5 aromatic rings. The molecular weight excluding hydrogens is 516 g/mol. The summed E-state index contributed by atoms with van der Waals surface area (Å²) in [5, 5.41) is 2.98. The van der Waals surface area contributed by atoms with Crippen molar-refractivity contribution in [3.63, 3.8) is 0 Å². The van der Waals surface area contributed by atoms with E-state index in [1.165, 1.54) is 49.7 Å². The molecule has 0 saturated carbocycles. The van der Waals surface area contributed by atoms with Gasteiger partial charge in [0.1, 0.15) is 0 Å². The SMILES string of the molecule is CC(C)(C)c1ccc2c(c1)c(=O)c1cc3c4cc1n2CCCCCCCCCCn3c1ccc(C(C)(C)C)cc1c4=O. The minimum Gasteiger partial charge on any atom is -0.340 e. The molecule has 3 aromatic carbocycles. The summed E-state index contributed by atoms with van der Waals surface area (Å²) in [5.74, 6) is 0. The third-order valence-corrected chi connectivity index (χ3v) is 9.49. The predicted octanol–water partition coefficient (Wildman–Crippen LogP) is 9.35. The van der Waals surface area contributed by atoms with Gasteiger partial charge in [0.25, 0.3) is 0 Å². The van der Waals surface area contributed by atoms with Crippen LogP contribution in [0.3, 0.4) is 0 Å². The number of benzene rings is 3. The Morgan fingerprint density at radius 1 is 0.452 bits per heavy atom. The highest BCUT2D eigenvalue weighted by atomic mass is 16.1. The Morgan fingerprint density at radius 3 is 1.14 bits per heavy atom. The van der Waals surface area contributed by atoms with E-state index in [4.69, 9.17) is 0 Å². The van der Waals surface area contributed by atoms with Crippen LogP contribution in [-0.4, -0.2) is 9.13 Å². The summed E-state index contributed by atoms with van der Waals surface area (Å²) in [6.07, 6.45) is 9.52. The van der Waals surface area contributed by atoms with Crippen LogP contribution in [0.2, 0.25) is 0 Å². The van der Waals surface area contributed by atoms with Crippen LogP contribution in [0.15, 0.2) is 58.1 Å². The number of hydrogen-bond acceptors (Lipinski definition) is 2. The van der Waals surface area contributed by atoms with Crippen LogP contribution in [0.5, 0.6) is 0 Å². The smallest absolute Gasteiger partial charge is 0.197 e. The number of aryl methyl sites for hydroxylation is 2. The first-order chi connectivity index (χ1) is 19.9. The van der Waals surface area contributed by atoms with Crippen molar-refractivity contribution in [2.75, 3.05) is 0 Å². The highest BCUT2D eigenvalue weighted by molar-refractivity contribution is 6.04. The normalized spacial score (nSPS) is 16.0. The van der Waals surface area contributed by atoms with Gasteiger partial charge < -0.3 is 9.13 Å². The lowest BCUT2D eigenvalue weighted by Crippen LogP contribution is -2.18. The molecule has 42 heavy (non-hydrogen) atoms. The molecule has 2 aliphatic heterocycles. The van der Waals surface area contributed by atoms with E-state index in [0.29, 0.717) is 10.8 Å². The Morgan fingerprint density at radius 2 is 0.786 bits per heavy atom. The van der Waals surface area contributed by atoms with Gasteiger partial charge in [-0.1, -0.05) is 92.2 Å². The van der Waals surface area contributed by atoms with Gasteiger partial charge in [-0.25, -0.2) is 0 Å².